The summed E-state index contributed by atoms with van der Waals surface area (Å²) in [4.78, 5) is 18.9. The molecule has 64 valence electrons. The Labute approximate surface area is 74.2 Å². The summed E-state index contributed by atoms with van der Waals surface area (Å²) in [6, 6.07) is 0. The molecule has 2 heterocycles. The van der Waals surface area contributed by atoms with E-state index in [2.05, 4.69) is 14.9 Å². The predicted octanol–water partition coefficient (Wildman–Crippen LogP) is 0.378. The van der Waals surface area contributed by atoms with Gasteiger partial charge >= 0.3 is 0 Å². The molecule has 1 aliphatic heterocycles. The molecule has 12 heavy (non-hydrogen) atoms. The zero-order valence-corrected chi connectivity index (χ0v) is 7.49. The van der Waals surface area contributed by atoms with Gasteiger partial charge in [0.05, 0.1) is 5.56 Å². The quantitative estimate of drug-likeness (QED) is 0.572. The minimum atomic E-state index is -0.0573. The molecule has 2 rings (SSSR count). The van der Waals surface area contributed by atoms with Gasteiger partial charge in [-0.2, -0.15) is 0 Å². The van der Waals surface area contributed by atoms with Crippen LogP contribution in [0.25, 0.3) is 0 Å². The van der Waals surface area contributed by atoms with Gasteiger partial charge in [0.1, 0.15) is 0 Å². The first-order valence-electron chi connectivity index (χ1n) is 3.70. The van der Waals surface area contributed by atoms with Gasteiger partial charge in [-0.1, -0.05) is 0 Å². The molecule has 2 N–H and O–H groups in total. The highest BCUT2D eigenvalue weighted by Gasteiger charge is 2.18. The fourth-order valence-electron chi connectivity index (χ4n) is 1.46. The van der Waals surface area contributed by atoms with Crippen molar-refractivity contribution in [3.63, 3.8) is 0 Å². The summed E-state index contributed by atoms with van der Waals surface area (Å²) in [5.74, 6) is 0. The van der Waals surface area contributed by atoms with Gasteiger partial charge in [0.25, 0.3) is 5.56 Å². The Kier molecular flexibility index (Phi) is 1.62. The molecule has 0 saturated heterocycles. The number of aromatic amines is 2. The number of H-pyrrole nitrogens is 2. The van der Waals surface area contributed by atoms with Gasteiger partial charge in [0.15, 0.2) is 4.77 Å². The van der Waals surface area contributed by atoms with Crippen molar-refractivity contribution < 1.29 is 0 Å². The largest absolute Gasteiger partial charge is 0.334 e. The van der Waals surface area contributed by atoms with Gasteiger partial charge in [-0.15, -0.1) is 0 Å². The molecular formula is C7H9N3OS. The molecule has 0 aromatic carbocycles. The van der Waals surface area contributed by atoms with Gasteiger partial charge in [-0.05, 0) is 19.3 Å². The summed E-state index contributed by atoms with van der Waals surface area (Å²) in [6.07, 6.45) is 0. The zero-order valence-electron chi connectivity index (χ0n) is 6.68. The van der Waals surface area contributed by atoms with E-state index in [-0.39, 0.29) is 5.56 Å². The van der Waals surface area contributed by atoms with Crippen molar-refractivity contribution in [1.29, 1.82) is 0 Å². The van der Waals surface area contributed by atoms with Crippen LogP contribution < -0.4 is 5.56 Å². The van der Waals surface area contributed by atoms with E-state index in [9.17, 15) is 4.79 Å². The first kappa shape index (κ1) is 7.70. The Morgan fingerprint density at radius 2 is 2.17 bits per heavy atom. The van der Waals surface area contributed by atoms with Gasteiger partial charge in [-0.3, -0.25) is 14.7 Å². The molecule has 0 fully saturated rings. The van der Waals surface area contributed by atoms with Gasteiger partial charge in [-0.25, -0.2) is 0 Å². The lowest BCUT2D eigenvalue weighted by Crippen LogP contribution is -2.15. The number of aromatic nitrogens is 2. The monoisotopic (exact) mass is 183 g/mol. The van der Waals surface area contributed by atoms with Crippen molar-refractivity contribution in [3.05, 3.63) is 26.4 Å². The highest BCUT2D eigenvalue weighted by molar-refractivity contribution is 7.71. The summed E-state index contributed by atoms with van der Waals surface area (Å²) >= 11 is 4.85. The van der Waals surface area contributed by atoms with Crippen molar-refractivity contribution in [2.75, 3.05) is 7.05 Å². The Bertz CT molecular complexity index is 419. The predicted molar refractivity (Wildman–Crippen MR) is 47.4 cm³/mol. The Balaban J connectivity index is 2.68. The lowest BCUT2D eigenvalue weighted by atomic mass is 10.3. The van der Waals surface area contributed by atoms with Crippen molar-refractivity contribution in [2.24, 2.45) is 0 Å². The molecule has 0 atom stereocenters. The number of nitrogens with one attached hydrogen (secondary N) is 2. The molecule has 0 bridgehead atoms. The minimum absolute atomic E-state index is 0.0573. The van der Waals surface area contributed by atoms with E-state index in [1.807, 2.05) is 7.05 Å². The van der Waals surface area contributed by atoms with Crippen LogP contribution in [0.3, 0.4) is 0 Å². The van der Waals surface area contributed by atoms with E-state index in [0.29, 0.717) is 11.3 Å². The van der Waals surface area contributed by atoms with Crippen molar-refractivity contribution in [2.45, 2.75) is 13.1 Å². The van der Waals surface area contributed by atoms with E-state index < -0.39 is 0 Å². The van der Waals surface area contributed by atoms with Gasteiger partial charge < -0.3 is 4.98 Å². The normalized spacial score (nSPS) is 16.4. The molecule has 1 aliphatic rings. The molecule has 4 nitrogen and oxygen atoms in total. The second-order valence-corrected chi connectivity index (χ2v) is 3.45. The van der Waals surface area contributed by atoms with Crippen LogP contribution in [0.1, 0.15) is 11.3 Å². The third kappa shape index (κ3) is 1.11. The molecule has 0 aliphatic carbocycles. The molecule has 0 saturated carbocycles. The topological polar surface area (TPSA) is 51.9 Å². The number of rotatable bonds is 0. The standard InChI is InChI=1S/C7H9N3OS/c1-10-2-4-5(3-10)8-7(12)9-6(4)11/h2-3H2,1H3,(H2,8,9,11,12). The molecule has 0 spiro atoms. The molecule has 1 aromatic rings. The van der Waals surface area contributed by atoms with E-state index in [1.54, 1.807) is 0 Å². The molecule has 5 heteroatoms. The third-order valence-corrected chi connectivity index (χ3v) is 2.19. The Morgan fingerprint density at radius 3 is 2.92 bits per heavy atom. The number of nitrogens with zero attached hydrogens (tertiary/aromatic N) is 1. The van der Waals surface area contributed by atoms with Crippen LogP contribution >= 0.6 is 12.2 Å². The fraction of sp³-hybridized carbons (Fsp3) is 0.429. The smallest absolute Gasteiger partial charge is 0.256 e. The van der Waals surface area contributed by atoms with Crippen LogP contribution in [0.4, 0.5) is 0 Å². The van der Waals surface area contributed by atoms with Crippen LogP contribution in [-0.2, 0) is 13.1 Å². The summed E-state index contributed by atoms with van der Waals surface area (Å²) in [5.41, 5.74) is 1.70. The van der Waals surface area contributed by atoms with Crippen molar-refractivity contribution in [3.8, 4) is 0 Å². The number of hydrogen-bond acceptors (Lipinski definition) is 3. The second kappa shape index (κ2) is 2.53. The maximum atomic E-state index is 11.3. The minimum Gasteiger partial charge on any atom is -0.334 e. The Morgan fingerprint density at radius 1 is 1.42 bits per heavy atom. The van der Waals surface area contributed by atoms with Gasteiger partial charge in [0.2, 0.25) is 0 Å². The average Bonchev–Trinajstić information content (AvgIpc) is 2.29. The van der Waals surface area contributed by atoms with Gasteiger partial charge in [0, 0.05) is 18.8 Å². The molecule has 0 radical (unpaired) electrons. The molecule has 0 unspecified atom stereocenters. The number of fused-ring (bicyclic) bond motifs is 1. The van der Waals surface area contributed by atoms with E-state index in [1.165, 1.54) is 0 Å². The highest BCUT2D eigenvalue weighted by atomic mass is 32.1. The van der Waals surface area contributed by atoms with Crippen LogP contribution in [0.15, 0.2) is 4.79 Å². The summed E-state index contributed by atoms with van der Waals surface area (Å²) < 4.78 is 0.411. The molecule has 1 aromatic heterocycles. The van der Waals surface area contributed by atoms with Crippen molar-refractivity contribution in [1.82, 2.24) is 14.9 Å². The zero-order chi connectivity index (χ0) is 8.72. The summed E-state index contributed by atoms with van der Waals surface area (Å²) in [5, 5.41) is 0. The maximum absolute atomic E-state index is 11.3. The SMILES string of the molecule is CN1Cc2[nH]c(=S)[nH]c(=O)c2C1. The van der Waals surface area contributed by atoms with Crippen molar-refractivity contribution >= 4 is 12.2 Å². The lowest BCUT2D eigenvalue weighted by molar-refractivity contribution is 0.350. The molecule has 0 amide bonds. The average molecular weight is 183 g/mol. The second-order valence-electron chi connectivity index (χ2n) is 3.04. The van der Waals surface area contributed by atoms with Crippen LogP contribution in [-0.4, -0.2) is 21.9 Å². The summed E-state index contributed by atoms with van der Waals surface area (Å²) in [7, 11) is 1.97. The fourth-order valence-corrected chi connectivity index (χ4v) is 1.67. The van der Waals surface area contributed by atoms with E-state index in [4.69, 9.17) is 12.2 Å². The summed E-state index contributed by atoms with van der Waals surface area (Å²) in [6.45, 7) is 1.49. The maximum Gasteiger partial charge on any atom is 0.256 e. The van der Waals surface area contributed by atoms with Crippen LogP contribution in [0.2, 0.25) is 0 Å². The van der Waals surface area contributed by atoms with E-state index in [0.717, 1.165) is 17.8 Å². The lowest BCUT2D eigenvalue weighted by Gasteiger charge is -2.01. The van der Waals surface area contributed by atoms with Crippen LogP contribution in [0.5, 0.6) is 0 Å². The Hall–Kier alpha value is -0.940. The highest BCUT2D eigenvalue weighted by Crippen LogP contribution is 2.13. The molecular weight excluding hydrogens is 174 g/mol. The van der Waals surface area contributed by atoms with Crippen LogP contribution in [0, 0.1) is 4.77 Å². The number of hydrogen-bond donors (Lipinski definition) is 2. The first-order valence-corrected chi connectivity index (χ1v) is 4.10. The van der Waals surface area contributed by atoms with E-state index >= 15 is 0 Å². The first-order chi connectivity index (χ1) is 5.66. The third-order valence-electron chi connectivity index (χ3n) is 1.99.